The molecule has 4 nitrogen and oxygen atoms in total. The summed E-state index contributed by atoms with van der Waals surface area (Å²) in [5, 5.41) is 8.00. The Morgan fingerprint density at radius 3 is 2.67 bits per heavy atom. The quantitative estimate of drug-likeness (QED) is 0.190. The number of halogens is 1. The molecule has 2 aromatic carbocycles. The van der Waals surface area contributed by atoms with Crippen LogP contribution >= 0.6 is 34.3 Å². The predicted molar refractivity (Wildman–Crippen MR) is 166 cm³/mol. The molecule has 0 bridgehead atoms. The molecule has 8 heteroatoms. The molecule has 2 atom stereocenters. The van der Waals surface area contributed by atoms with Gasteiger partial charge in [0.1, 0.15) is 0 Å². The number of thiophene rings is 2. The standard InChI is InChI=1S/C31H30ClN3OS3/c1-39(36)24-10-7-9-22(19-24)29-15-16-31(38-29)28-20-23(33-35(28)26-12-5-4-11-25(26)32)21-34-17-6-2-3-13-27(34)30-14-8-18-37-30/h4-5,7-12,14-16,18-20,27H,2-3,6,13,17,21H2,1H3. The molecule has 0 amide bonds. The first kappa shape index (κ1) is 26.7. The Bertz CT molecular complexity index is 1590. The lowest BCUT2D eigenvalue weighted by molar-refractivity contribution is 0.193. The lowest BCUT2D eigenvalue weighted by atomic mass is 10.1. The van der Waals surface area contributed by atoms with E-state index in [-0.39, 0.29) is 0 Å². The Morgan fingerprint density at radius 2 is 1.85 bits per heavy atom. The van der Waals surface area contributed by atoms with E-state index in [9.17, 15) is 4.21 Å². The molecule has 200 valence electrons. The van der Waals surface area contributed by atoms with Crippen molar-refractivity contribution in [1.82, 2.24) is 14.7 Å². The molecule has 39 heavy (non-hydrogen) atoms. The summed E-state index contributed by atoms with van der Waals surface area (Å²) in [5.41, 5.74) is 4.04. The Labute approximate surface area is 245 Å². The van der Waals surface area contributed by atoms with E-state index in [1.165, 1.54) is 30.6 Å². The maximum Gasteiger partial charge on any atom is 0.0844 e. The minimum absolute atomic E-state index is 0.436. The van der Waals surface area contributed by atoms with Gasteiger partial charge in [0.25, 0.3) is 0 Å². The van der Waals surface area contributed by atoms with E-state index < -0.39 is 10.8 Å². The molecular formula is C31H30ClN3OS3. The third kappa shape index (κ3) is 5.83. The van der Waals surface area contributed by atoms with Gasteiger partial charge in [-0.1, -0.05) is 54.8 Å². The van der Waals surface area contributed by atoms with Crippen molar-refractivity contribution in [2.75, 3.05) is 12.8 Å². The van der Waals surface area contributed by atoms with E-state index in [1.807, 2.05) is 58.5 Å². The summed E-state index contributed by atoms with van der Waals surface area (Å²) in [7, 11) is -1.02. The van der Waals surface area contributed by atoms with E-state index in [2.05, 4.69) is 46.7 Å². The Kier molecular flexibility index (Phi) is 8.14. The molecule has 1 aliphatic heterocycles. The number of aromatic nitrogens is 2. The molecule has 1 aliphatic rings. The third-order valence-electron chi connectivity index (χ3n) is 7.25. The fourth-order valence-electron chi connectivity index (χ4n) is 5.32. The first-order valence-electron chi connectivity index (χ1n) is 13.2. The van der Waals surface area contributed by atoms with E-state index in [4.69, 9.17) is 16.7 Å². The van der Waals surface area contributed by atoms with Crippen molar-refractivity contribution < 1.29 is 4.21 Å². The summed E-state index contributed by atoms with van der Waals surface area (Å²) < 4.78 is 14.1. The molecule has 0 radical (unpaired) electrons. The Morgan fingerprint density at radius 1 is 0.974 bits per heavy atom. The van der Waals surface area contributed by atoms with Gasteiger partial charge in [-0.3, -0.25) is 9.11 Å². The number of benzene rings is 2. The summed E-state index contributed by atoms with van der Waals surface area (Å²) in [6, 6.07) is 27.3. The Balaban J connectivity index is 1.38. The SMILES string of the molecule is CS(=O)c1cccc(-c2ccc(-c3cc(CN4CCCCCC4c4cccs4)nn3-c3ccccc3Cl)s2)c1. The Hall–Kier alpha value is -2.55. The molecule has 4 heterocycles. The van der Waals surface area contributed by atoms with Crippen LogP contribution in [0, 0.1) is 0 Å². The minimum atomic E-state index is -1.02. The first-order chi connectivity index (χ1) is 19.1. The molecule has 1 fully saturated rings. The molecule has 6 rings (SSSR count). The van der Waals surface area contributed by atoms with Crippen LogP contribution in [0.15, 0.2) is 89.1 Å². The highest BCUT2D eigenvalue weighted by molar-refractivity contribution is 7.84. The van der Waals surface area contributed by atoms with Crippen LogP contribution in [0.5, 0.6) is 0 Å². The van der Waals surface area contributed by atoms with Gasteiger partial charge in [-0.05, 0) is 78.9 Å². The molecule has 1 saturated heterocycles. The van der Waals surface area contributed by atoms with Gasteiger partial charge >= 0.3 is 0 Å². The van der Waals surface area contributed by atoms with Crippen LogP contribution in [-0.2, 0) is 17.3 Å². The summed E-state index contributed by atoms with van der Waals surface area (Å²) in [5.74, 6) is 0. The van der Waals surface area contributed by atoms with Crippen molar-refractivity contribution in [3.8, 4) is 26.7 Å². The molecule has 3 aromatic heterocycles. The number of likely N-dealkylation sites (tertiary alicyclic amines) is 1. The second kappa shape index (κ2) is 11.9. The van der Waals surface area contributed by atoms with Gasteiger partial charge < -0.3 is 0 Å². The van der Waals surface area contributed by atoms with Gasteiger partial charge in [-0.25, -0.2) is 4.68 Å². The zero-order valence-electron chi connectivity index (χ0n) is 21.8. The van der Waals surface area contributed by atoms with Crippen molar-refractivity contribution >= 4 is 45.1 Å². The molecule has 0 saturated carbocycles. The predicted octanol–water partition coefficient (Wildman–Crippen LogP) is 8.84. The van der Waals surface area contributed by atoms with Gasteiger partial charge in [0.2, 0.25) is 0 Å². The number of para-hydroxylation sites is 1. The summed E-state index contributed by atoms with van der Waals surface area (Å²) >= 11 is 10.3. The largest absolute Gasteiger partial charge is 0.290 e. The molecule has 0 spiro atoms. The van der Waals surface area contributed by atoms with Crippen LogP contribution in [0.1, 0.15) is 42.3 Å². The maximum absolute atomic E-state index is 12.1. The normalized spacial score (nSPS) is 17.2. The summed E-state index contributed by atoms with van der Waals surface area (Å²) in [6.45, 7) is 1.88. The van der Waals surface area contributed by atoms with Gasteiger partial charge in [-0.2, -0.15) is 5.10 Å². The highest BCUT2D eigenvalue weighted by Gasteiger charge is 2.25. The highest BCUT2D eigenvalue weighted by atomic mass is 35.5. The zero-order chi connectivity index (χ0) is 26.8. The maximum atomic E-state index is 12.1. The van der Waals surface area contributed by atoms with Crippen LogP contribution in [-0.4, -0.2) is 31.7 Å². The van der Waals surface area contributed by atoms with E-state index in [1.54, 1.807) is 17.6 Å². The van der Waals surface area contributed by atoms with Crippen LogP contribution in [0.2, 0.25) is 5.02 Å². The molecule has 2 unspecified atom stereocenters. The number of rotatable bonds is 7. The zero-order valence-corrected chi connectivity index (χ0v) is 25.0. The van der Waals surface area contributed by atoms with E-state index in [0.717, 1.165) is 50.4 Å². The van der Waals surface area contributed by atoms with Crippen LogP contribution in [0.3, 0.4) is 0 Å². The number of nitrogens with zero attached hydrogens (tertiary/aromatic N) is 3. The smallest absolute Gasteiger partial charge is 0.0844 e. The highest BCUT2D eigenvalue weighted by Crippen LogP contribution is 2.38. The van der Waals surface area contributed by atoms with Gasteiger partial charge in [0, 0.05) is 44.3 Å². The van der Waals surface area contributed by atoms with Crippen LogP contribution < -0.4 is 0 Å². The molecule has 0 N–H and O–H groups in total. The van der Waals surface area contributed by atoms with Crippen LogP contribution in [0.25, 0.3) is 26.7 Å². The molecular weight excluding hydrogens is 562 g/mol. The second-order valence-corrected chi connectivity index (χ2v) is 13.7. The lowest BCUT2D eigenvalue weighted by Gasteiger charge is -2.28. The number of hydrogen-bond acceptors (Lipinski definition) is 5. The topological polar surface area (TPSA) is 38.1 Å². The summed E-state index contributed by atoms with van der Waals surface area (Å²) in [4.78, 5) is 7.15. The summed E-state index contributed by atoms with van der Waals surface area (Å²) in [6.07, 6.45) is 6.67. The van der Waals surface area contributed by atoms with Crippen molar-refractivity contribution in [3.05, 3.63) is 99.8 Å². The van der Waals surface area contributed by atoms with Crippen LogP contribution in [0.4, 0.5) is 0 Å². The molecule has 0 aliphatic carbocycles. The van der Waals surface area contributed by atoms with Crippen molar-refractivity contribution in [2.45, 2.75) is 43.2 Å². The number of hydrogen-bond donors (Lipinski definition) is 0. The van der Waals surface area contributed by atoms with Gasteiger partial charge in [0.15, 0.2) is 0 Å². The fraction of sp³-hybridized carbons (Fsp3) is 0.258. The van der Waals surface area contributed by atoms with Crippen molar-refractivity contribution in [2.24, 2.45) is 0 Å². The van der Waals surface area contributed by atoms with Gasteiger partial charge in [-0.15, -0.1) is 22.7 Å². The lowest BCUT2D eigenvalue weighted by Crippen LogP contribution is -2.27. The third-order valence-corrected chi connectivity index (χ3v) is 10.6. The molecule has 5 aromatic rings. The fourth-order valence-corrected chi connectivity index (χ4v) is 8.00. The monoisotopic (exact) mass is 591 g/mol. The first-order valence-corrected chi connectivity index (χ1v) is 16.9. The van der Waals surface area contributed by atoms with E-state index >= 15 is 0 Å². The van der Waals surface area contributed by atoms with Crippen molar-refractivity contribution in [3.63, 3.8) is 0 Å². The van der Waals surface area contributed by atoms with Gasteiger partial charge in [0.05, 0.1) is 27.0 Å². The van der Waals surface area contributed by atoms with E-state index in [0.29, 0.717) is 11.1 Å². The minimum Gasteiger partial charge on any atom is -0.290 e. The second-order valence-electron chi connectivity index (χ2n) is 9.88. The van der Waals surface area contributed by atoms with Crippen molar-refractivity contribution in [1.29, 1.82) is 0 Å². The average molecular weight is 592 g/mol. The average Bonchev–Trinajstić information content (AvgIpc) is 3.69.